The largest absolute Gasteiger partial charge is 0.492 e. The zero-order valence-corrected chi connectivity index (χ0v) is 16.3. The fourth-order valence-electron chi connectivity index (χ4n) is 3.62. The van der Waals surface area contributed by atoms with E-state index in [0.29, 0.717) is 22.0 Å². The van der Waals surface area contributed by atoms with Gasteiger partial charge in [-0.05, 0) is 56.2 Å². The lowest BCUT2D eigenvalue weighted by molar-refractivity contribution is -0.141. The van der Waals surface area contributed by atoms with Gasteiger partial charge in [0, 0.05) is 17.0 Å². The van der Waals surface area contributed by atoms with E-state index in [-0.39, 0.29) is 25.4 Å². The van der Waals surface area contributed by atoms with E-state index in [1.807, 2.05) is 26.0 Å². The third-order valence-corrected chi connectivity index (χ3v) is 5.02. The standard InChI is InChI=1S/C21H22ClNO4/c1-13-4-5-14(2)19-18(13)21(26,12-15(3)24)20(25)23(19)10-11-27-17-8-6-16(22)7-9-17/h4-9,26H,10-12H2,1-3H3. The van der Waals surface area contributed by atoms with Gasteiger partial charge in [-0.1, -0.05) is 23.7 Å². The van der Waals surface area contributed by atoms with Gasteiger partial charge in [0.25, 0.3) is 5.91 Å². The Balaban J connectivity index is 1.88. The Bertz CT molecular complexity index is 894. The number of hydrogen-bond donors (Lipinski definition) is 1. The Hall–Kier alpha value is -2.37. The molecule has 0 fully saturated rings. The van der Waals surface area contributed by atoms with Crippen molar-refractivity contribution in [1.29, 1.82) is 0 Å². The van der Waals surface area contributed by atoms with Crippen LogP contribution in [-0.4, -0.2) is 29.9 Å². The third-order valence-electron chi connectivity index (χ3n) is 4.77. The molecular formula is C21H22ClNO4. The van der Waals surface area contributed by atoms with Gasteiger partial charge in [-0.15, -0.1) is 0 Å². The van der Waals surface area contributed by atoms with Crippen LogP contribution in [0.2, 0.25) is 5.02 Å². The molecule has 1 aliphatic heterocycles. The molecule has 0 bridgehead atoms. The first-order valence-electron chi connectivity index (χ1n) is 8.77. The van der Waals surface area contributed by atoms with Crippen LogP contribution in [-0.2, 0) is 15.2 Å². The molecule has 1 heterocycles. The molecule has 6 heteroatoms. The maximum absolute atomic E-state index is 13.1. The van der Waals surface area contributed by atoms with Crippen LogP contribution >= 0.6 is 11.6 Å². The van der Waals surface area contributed by atoms with Crippen molar-refractivity contribution in [3.8, 4) is 5.75 Å². The molecule has 5 nitrogen and oxygen atoms in total. The summed E-state index contributed by atoms with van der Waals surface area (Å²) >= 11 is 5.87. The summed E-state index contributed by atoms with van der Waals surface area (Å²) in [6.07, 6.45) is -0.238. The number of amides is 1. The topological polar surface area (TPSA) is 66.8 Å². The van der Waals surface area contributed by atoms with Gasteiger partial charge in [0.05, 0.1) is 12.2 Å². The van der Waals surface area contributed by atoms with Gasteiger partial charge in [-0.2, -0.15) is 0 Å². The van der Waals surface area contributed by atoms with Gasteiger partial charge >= 0.3 is 0 Å². The molecule has 0 saturated carbocycles. The molecule has 0 spiro atoms. The van der Waals surface area contributed by atoms with E-state index < -0.39 is 11.5 Å². The average Bonchev–Trinajstić information content (AvgIpc) is 2.82. The quantitative estimate of drug-likeness (QED) is 0.823. The summed E-state index contributed by atoms with van der Waals surface area (Å²) in [6, 6.07) is 10.7. The number of halogens is 1. The lowest BCUT2D eigenvalue weighted by atomic mass is 9.86. The molecule has 0 saturated heterocycles. The maximum Gasteiger partial charge on any atom is 0.264 e. The van der Waals surface area contributed by atoms with Crippen LogP contribution < -0.4 is 9.64 Å². The van der Waals surface area contributed by atoms with Gasteiger partial charge in [0.15, 0.2) is 5.60 Å². The summed E-state index contributed by atoms with van der Waals surface area (Å²) in [5.41, 5.74) is 1.03. The first-order chi connectivity index (χ1) is 12.7. The van der Waals surface area contributed by atoms with E-state index >= 15 is 0 Å². The Labute approximate surface area is 163 Å². The molecule has 3 rings (SSSR count). The zero-order chi connectivity index (χ0) is 19.8. The highest BCUT2D eigenvalue weighted by molar-refractivity contribution is 6.30. The molecule has 1 aliphatic rings. The zero-order valence-electron chi connectivity index (χ0n) is 15.6. The number of ketones is 1. The summed E-state index contributed by atoms with van der Waals surface area (Å²) in [7, 11) is 0. The molecule has 0 radical (unpaired) electrons. The molecule has 0 aromatic heterocycles. The van der Waals surface area contributed by atoms with E-state index in [2.05, 4.69) is 0 Å². The number of Topliss-reactive ketones (excluding diaryl/α,β-unsaturated/α-hetero) is 1. The highest BCUT2D eigenvalue weighted by atomic mass is 35.5. The first kappa shape index (κ1) is 19.4. The van der Waals surface area contributed by atoms with Gasteiger partial charge in [-0.3, -0.25) is 9.59 Å². The molecule has 1 N–H and O–H groups in total. The number of nitrogens with zero attached hydrogens (tertiary/aromatic N) is 1. The molecule has 1 amide bonds. The van der Waals surface area contributed by atoms with Crippen molar-refractivity contribution in [2.75, 3.05) is 18.1 Å². The number of hydrogen-bond acceptors (Lipinski definition) is 4. The number of carbonyl (C=O) groups excluding carboxylic acids is 2. The summed E-state index contributed by atoms with van der Waals surface area (Å²) in [4.78, 5) is 26.3. The second-order valence-corrected chi connectivity index (χ2v) is 7.36. The Morgan fingerprint density at radius 3 is 2.41 bits per heavy atom. The molecule has 2 aromatic rings. The second-order valence-electron chi connectivity index (χ2n) is 6.92. The Kier molecular flexibility index (Phi) is 5.27. The Morgan fingerprint density at radius 2 is 1.78 bits per heavy atom. The van der Waals surface area contributed by atoms with Gasteiger partial charge < -0.3 is 14.7 Å². The number of fused-ring (bicyclic) bond motifs is 1. The number of ether oxygens (including phenoxy) is 1. The number of carbonyl (C=O) groups is 2. The Morgan fingerprint density at radius 1 is 1.15 bits per heavy atom. The van der Waals surface area contributed by atoms with Crippen LogP contribution in [0, 0.1) is 13.8 Å². The number of aliphatic hydroxyl groups is 1. The molecule has 1 unspecified atom stereocenters. The molecular weight excluding hydrogens is 366 g/mol. The van der Waals surface area contributed by atoms with Crippen molar-refractivity contribution in [2.24, 2.45) is 0 Å². The van der Waals surface area contributed by atoms with Gasteiger partial charge in [0.2, 0.25) is 0 Å². The van der Waals surface area contributed by atoms with Crippen LogP contribution in [0.5, 0.6) is 5.75 Å². The van der Waals surface area contributed by atoms with Crippen LogP contribution in [0.25, 0.3) is 0 Å². The van der Waals surface area contributed by atoms with Crippen molar-refractivity contribution in [2.45, 2.75) is 32.8 Å². The lowest BCUT2D eigenvalue weighted by Crippen LogP contribution is -2.43. The van der Waals surface area contributed by atoms with Crippen molar-refractivity contribution >= 4 is 29.0 Å². The number of anilines is 1. The van der Waals surface area contributed by atoms with E-state index in [1.165, 1.54) is 11.8 Å². The predicted octanol–water partition coefficient (Wildman–Crippen LogP) is 3.55. The summed E-state index contributed by atoms with van der Waals surface area (Å²) in [5, 5.41) is 11.8. The van der Waals surface area contributed by atoms with Gasteiger partial charge in [0.1, 0.15) is 18.1 Å². The fourth-order valence-corrected chi connectivity index (χ4v) is 3.75. The van der Waals surface area contributed by atoms with Crippen LogP contribution in [0.1, 0.15) is 30.0 Å². The van der Waals surface area contributed by atoms with Crippen molar-refractivity contribution in [3.63, 3.8) is 0 Å². The number of benzene rings is 2. The van der Waals surface area contributed by atoms with Gasteiger partial charge in [-0.25, -0.2) is 0 Å². The van der Waals surface area contributed by atoms with E-state index in [1.54, 1.807) is 24.3 Å². The molecule has 0 aliphatic carbocycles. The summed E-state index contributed by atoms with van der Waals surface area (Å²) in [6.45, 7) is 5.61. The minimum atomic E-state index is -1.82. The first-order valence-corrected chi connectivity index (χ1v) is 9.14. The summed E-state index contributed by atoms with van der Waals surface area (Å²) in [5.74, 6) is -0.0759. The fraction of sp³-hybridized carbons (Fsp3) is 0.333. The second kappa shape index (κ2) is 7.33. The monoisotopic (exact) mass is 387 g/mol. The van der Waals surface area contributed by atoms with Crippen molar-refractivity contribution in [1.82, 2.24) is 0 Å². The van der Waals surface area contributed by atoms with E-state index in [9.17, 15) is 14.7 Å². The minimum Gasteiger partial charge on any atom is -0.492 e. The SMILES string of the molecule is CC(=O)CC1(O)C(=O)N(CCOc2ccc(Cl)cc2)c2c(C)ccc(C)c21. The van der Waals surface area contributed by atoms with Crippen LogP contribution in [0.15, 0.2) is 36.4 Å². The molecule has 2 aromatic carbocycles. The highest BCUT2D eigenvalue weighted by Gasteiger charge is 2.51. The highest BCUT2D eigenvalue weighted by Crippen LogP contribution is 2.46. The van der Waals surface area contributed by atoms with E-state index in [4.69, 9.17) is 16.3 Å². The smallest absolute Gasteiger partial charge is 0.264 e. The van der Waals surface area contributed by atoms with E-state index in [0.717, 1.165) is 11.1 Å². The predicted molar refractivity (Wildman–Crippen MR) is 104 cm³/mol. The molecule has 27 heavy (non-hydrogen) atoms. The molecule has 142 valence electrons. The maximum atomic E-state index is 13.1. The molecule has 1 atom stereocenters. The third kappa shape index (κ3) is 3.57. The number of rotatable bonds is 6. The van der Waals surface area contributed by atoms with Crippen molar-refractivity contribution in [3.05, 3.63) is 58.1 Å². The van der Waals surface area contributed by atoms with Crippen LogP contribution in [0.4, 0.5) is 5.69 Å². The minimum absolute atomic E-state index is 0.238. The average molecular weight is 388 g/mol. The number of aryl methyl sites for hydroxylation is 2. The normalized spacial score (nSPS) is 18.6. The van der Waals surface area contributed by atoms with Crippen LogP contribution in [0.3, 0.4) is 0 Å². The summed E-state index contributed by atoms with van der Waals surface area (Å²) < 4.78 is 5.70. The lowest BCUT2D eigenvalue weighted by Gasteiger charge is -2.22. The van der Waals surface area contributed by atoms with Crippen molar-refractivity contribution < 1.29 is 19.4 Å².